The summed E-state index contributed by atoms with van der Waals surface area (Å²) in [7, 11) is 1.58. The Hall–Kier alpha value is -3.41. The van der Waals surface area contributed by atoms with Crippen molar-refractivity contribution in [3.05, 3.63) is 71.3 Å². The van der Waals surface area contributed by atoms with Crippen molar-refractivity contribution >= 4 is 23.4 Å². The maximum atomic E-state index is 13.6. The summed E-state index contributed by atoms with van der Waals surface area (Å²) in [6.45, 7) is 4.60. The number of allylic oxidation sites excluding steroid dienone is 1. The second-order valence-electron chi connectivity index (χ2n) is 9.62. The topological polar surface area (TPSA) is 66.9 Å². The SMILES string of the molecule is COc1ccc(C(=O)N(CCC2=CCCCC2)C2CC(=O)N(c3ccc(C(C)C)cc3)C2=O)cc1. The summed E-state index contributed by atoms with van der Waals surface area (Å²) < 4.78 is 5.22. The van der Waals surface area contributed by atoms with Crippen LogP contribution in [0.3, 0.4) is 0 Å². The van der Waals surface area contributed by atoms with Gasteiger partial charge in [0.2, 0.25) is 5.91 Å². The van der Waals surface area contributed by atoms with E-state index >= 15 is 0 Å². The summed E-state index contributed by atoms with van der Waals surface area (Å²) in [4.78, 5) is 43.0. The molecule has 1 saturated heterocycles. The van der Waals surface area contributed by atoms with Crippen LogP contribution in [0.2, 0.25) is 0 Å². The lowest BCUT2D eigenvalue weighted by molar-refractivity contribution is -0.122. The average Bonchev–Trinajstić information content (AvgIpc) is 3.18. The molecule has 6 heteroatoms. The Morgan fingerprint density at radius 1 is 1.06 bits per heavy atom. The lowest BCUT2D eigenvalue weighted by Crippen LogP contribution is -2.46. The fraction of sp³-hybridized carbons (Fsp3) is 0.414. The van der Waals surface area contributed by atoms with E-state index in [2.05, 4.69) is 19.9 Å². The lowest BCUT2D eigenvalue weighted by atomic mass is 9.96. The van der Waals surface area contributed by atoms with E-state index in [0.29, 0.717) is 35.9 Å². The van der Waals surface area contributed by atoms with E-state index in [1.165, 1.54) is 16.9 Å². The Morgan fingerprint density at radius 3 is 2.37 bits per heavy atom. The number of nitrogens with zero attached hydrogens (tertiary/aromatic N) is 2. The molecule has 0 N–H and O–H groups in total. The molecule has 2 aromatic carbocycles. The molecular formula is C29H34N2O4. The van der Waals surface area contributed by atoms with Crippen LogP contribution in [0.5, 0.6) is 5.75 Å². The van der Waals surface area contributed by atoms with E-state index in [-0.39, 0.29) is 24.1 Å². The van der Waals surface area contributed by atoms with Crippen molar-refractivity contribution in [2.75, 3.05) is 18.6 Å². The van der Waals surface area contributed by atoms with Crippen LogP contribution < -0.4 is 9.64 Å². The predicted octanol–water partition coefficient (Wildman–Crippen LogP) is 5.48. The van der Waals surface area contributed by atoms with Crippen LogP contribution in [0.15, 0.2) is 60.2 Å². The summed E-state index contributed by atoms with van der Waals surface area (Å²) in [5.74, 6) is 0.151. The number of hydrogen-bond acceptors (Lipinski definition) is 4. The molecule has 1 fully saturated rings. The minimum Gasteiger partial charge on any atom is -0.497 e. The van der Waals surface area contributed by atoms with Crippen LogP contribution in [0.1, 0.15) is 74.2 Å². The molecule has 0 aromatic heterocycles. The van der Waals surface area contributed by atoms with Crippen LogP contribution in [0.4, 0.5) is 5.69 Å². The van der Waals surface area contributed by atoms with Gasteiger partial charge in [0.25, 0.3) is 11.8 Å². The molecule has 184 valence electrons. The average molecular weight is 475 g/mol. The van der Waals surface area contributed by atoms with Gasteiger partial charge < -0.3 is 9.64 Å². The Balaban J connectivity index is 1.59. The second kappa shape index (κ2) is 10.9. The van der Waals surface area contributed by atoms with Crippen LogP contribution >= 0.6 is 0 Å². The van der Waals surface area contributed by atoms with E-state index in [1.807, 2.05) is 24.3 Å². The zero-order valence-electron chi connectivity index (χ0n) is 20.8. The fourth-order valence-corrected chi connectivity index (χ4v) is 4.83. The van der Waals surface area contributed by atoms with Crippen molar-refractivity contribution in [1.29, 1.82) is 0 Å². The molecule has 0 radical (unpaired) electrons. The molecule has 2 aliphatic rings. The number of rotatable bonds is 8. The highest BCUT2D eigenvalue weighted by Crippen LogP contribution is 2.29. The van der Waals surface area contributed by atoms with Gasteiger partial charge in [-0.25, -0.2) is 4.90 Å². The van der Waals surface area contributed by atoms with E-state index in [1.54, 1.807) is 36.3 Å². The minimum absolute atomic E-state index is 0.00823. The monoisotopic (exact) mass is 474 g/mol. The Bertz CT molecular complexity index is 1100. The predicted molar refractivity (Wildman–Crippen MR) is 137 cm³/mol. The van der Waals surface area contributed by atoms with Gasteiger partial charge in [-0.05, 0) is 80.0 Å². The number of benzene rings is 2. The summed E-state index contributed by atoms with van der Waals surface area (Å²) in [6, 6.07) is 13.6. The molecule has 0 bridgehead atoms. The summed E-state index contributed by atoms with van der Waals surface area (Å²) in [6.07, 6.45) is 7.38. The first kappa shape index (κ1) is 24.7. The zero-order valence-corrected chi connectivity index (χ0v) is 20.8. The van der Waals surface area contributed by atoms with Gasteiger partial charge in [0, 0.05) is 12.1 Å². The molecule has 1 aliphatic carbocycles. The molecule has 35 heavy (non-hydrogen) atoms. The Morgan fingerprint density at radius 2 is 1.77 bits per heavy atom. The van der Waals surface area contributed by atoms with Gasteiger partial charge in [-0.2, -0.15) is 0 Å². The van der Waals surface area contributed by atoms with Gasteiger partial charge >= 0.3 is 0 Å². The molecule has 0 saturated carbocycles. The van der Waals surface area contributed by atoms with Gasteiger partial charge in [-0.3, -0.25) is 14.4 Å². The Labute approximate surface area is 207 Å². The molecule has 1 heterocycles. The number of carbonyl (C=O) groups is 3. The highest BCUT2D eigenvalue weighted by molar-refractivity contribution is 6.23. The normalized spacial score (nSPS) is 18.1. The van der Waals surface area contributed by atoms with Crippen molar-refractivity contribution in [2.45, 2.75) is 64.3 Å². The number of carbonyl (C=O) groups excluding carboxylic acids is 3. The third-order valence-electron chi connectivity index (χ3n) is 6.97. The number of hydrogen-bond donors (Lipinski definition) is 0. The van der Waals surface area contributed by atoms with Crippen LogP contribution in [-0.4, -0.2) is 42.3 Å². The molecule has 0 spiro atoms. The van der Waals surface area contributed by atoms with Crippen LogP contribution in [0.25, 0.3) is 0 Å². The van der Waals surface area contributed by atoms with Crippen molar-refractivity contribution in [3.8, 4) is 5.75 Å². The maximum absolute atomic E-state index is 13.6. The molecule has 1 aliphatic heterocycles. The number of methoxy groups -OCH3 is 1. The van der Waals surface area contributed by atoms with E-state index < -0.39 is 6.04 Å². The van der Waals surface area contributed by atoms with Crippen molar-refractivity contribution < 1.29 is 19.1 Å². The van der Waals surface area contributed by atoms with Gasteiger partial charge in [-0.1, -0.05) is 37.6 Å². The first-order valence-electron chi connectivity index (χ1n) is 12.5. The van der Waals surface area contributed by atoms with E-state index in [4.69, 9.17) is 4.74 Å². The highest BCUT2D eigenvalue weighted by atomic mass is 16.5. The van der Waals surface area contributed by atoms with E-state index in [0.717, 1.165) is 24.8 Å². The number of ether oxygens (including phenoxy) is 1. The Kier molecular flexibility index (Phi) is 7.69. The quantitative estimate of drug-likeness (QED) is 0.375. The standard InChI is InChI=1S/C29H34N2O4/c1-20(2)22-9-13-24(14-10-22)31-27(32)19-26(29(31)34)30(18-17-21-7-5-4-6-8-21)28(33)23-11-15-25(35-3)16-12-23/h7,9-16,20,26H,4-6,8,17-19H2,1-3H3. The van der Waals surface area contributed by atoms with Crippen molar-refractivity contribution in [2.24, 2.45) is 0 Å². The lowest BCUT2D eigenvalue weighted by Gasteiger charge is -2.29. The molecule has 1 atom stereocenters. The third kappa shape index (κ3) is 5.47. The van der Waals surface area contributed by atoms with Crippen molar-refractivity contribution in [1.82, 2.24) is 4.90 Å². The molecule has 2 aromatic rings. The second-order valence-corrected chi connectivity index (χ2v) is 9.62. The first-order valence-corrected chi connectivity index (χ1v) is 12.5. The summed E-state index contributed by atoms with van der Waals surface area (Å²) in [5, 5.41) is 0. The van der Waals surface area contributed by atoms with E-state index in [9.17, 15) is 14.4 Å². The molecule has 6 nitrogen and oxygen atoms in total. The smallest absolute Gasteiger partial charge is 0.257 e. The molecular weight excluding hydrogens is 440 g/mol. The molecule has 4 rings (SSSR count). The first-order chi connectivity index (χ1) is 16.9. The van der Waals surface area contributed by atoms with Gasteiger partial charge in [0.1, 0.15) is 11.8 Å². The summed E-state index contributed by atoms with van der Waals surface area (Å²) >= 11 is 0. The fourth-order valence-electron chi connectivity index (χ4n) is 4.83. The van der Waals surface area contributed by atoms with Gasteiger partial charge in [-0.15, -0.1) is 0 Å². The number of imide groups is 1. The third-order valence-corrected chi connectivity index (χ3v) is 6.97. The van der Waals surface area contributed by atoms with Crippen molar-refractivity contribution in [3.63, 3.8) is 0 Å². The molecule has 1 unspecified atom stereocenters. The summed E-state index contributed by atoms with van der Waals surface area (Å²) in [5.41, 5.74) is 3.49. The number of amides is 3. The van der Waals surface area contributed by atoms with Gasteiger partial charge in [0.15, 0.2) is 0 Å². The highest BCUT2D eigenvalue weighted by Gasteiger charge is 2.44. The zero-order chi connectivity index (χ0) is 24.9. The molecule has 3 amide bonds. The van der Waals surface area contributed by atoms with Gasteiger partial charge in [0.05, 0.1) is 19.2 Å². The van der Waals surface area contributed by atoms with Crippen LogP contribution in [0, 0.1) is 0 Å². The largest absolute Gasteiger partial charge is 0.497 e. The maximum Gasteiger partial charge on any atom is 0.257 e. The van der Waals surface area contributed by atoms with Crippen LogP contribution in [-0.2, 0) is 9.59 Å². The number of anilines is 1. The minimum atomic E-state index is -0.814.